The molecule has 0 aromatic heterocycles. The van der Waals surface area contributed by atoms with Crippen LogP contribution in [-0.4, -0.2) is 70.9 Å². The second-order valence-electron chi connectivity index (χ2n) is 8.36. The first-order valence-corrected chi connectivity index (χ1v) is 13.0. The molecule has 0 radical (unpaired) electrons. The number of piperidine rings is 1. The third kappa shape index (κ3) is 8.42. The SMILES string of the molecule is CN=C(NCCOc1ccc(S(C)(=O)=O)cc1)NC1CCCN(C2CCCCC2)C1.I. The largest absolute Gasteiger partial charge is 0.492 e. The number of nitrogens with zero attached hydrogens (tertiary/aromatic N) is 2. The Bertz CT molecular complexity index is 795. The Kier molecular flexibility index (Phi) is 10.8. The van der Waals surface area contributed by atoms with E-state index in [9.17, 15) is 8.42 Å². The molecule has 0 spiro atoms. The van der Waals surface area contributed by atoms with Crippen LogP contribution >= 0.6 is 24.0 Å². The molecule has 1 saturated carbocycles. The van der Waals surface area contributed by atoms with Gasteiger partial charge >= 0.3 is 0 Å². The lowest BCUT2D eigenvalue weighted by atomic mass is 9.92. The van der Waals surface area contributed by atoms with Gasteiger partial charge in [0.1, 0.15) is 12.4 Å². The van der Waals surface area contributed by atoms with Crippen LogP contribution in [0.2, 0.25) is 0 Å². The number of hydrogen-bond donors (Lipinski definition) is 2. The van der Waals surface area contributed by atoms with Gasteiger partial charge in [-0.25, -0.2) is 8.42 Å². The first-order valence-electron chi connectivity index (χ1n) is 11.1. The van der Waals surface area contributed by atoms with E-state index >= 15 is 0 Å². The summed E-state index contributed by atoms with van der Waals surface area (Å²) in [5.41, 5.74) is 0. The minimum absolute atomic E-state index is 0. The van der Waals surface area contributed by atoms with Gasteiger partial charge in [-0.05, 0) is 56.5 Å². The molecule has 3 rings (SSSR count). The lowest BCUT2D eigenvalue weighted by Gasteiger charge is -2.40. The Balaban J connectivity index is 0.00000341. The number of rotatable bonds is 7. The van der Waals surface area contributed by atoms with E-state index in [1.54, 1.807) is 31.3 Å². The Morgan fingerprint density at radius 2 is 1.84 bits per heavy atom. The van der Waals surface area contributed by atoms with Gasteiger partial charge in [-0.3, -0.25) is 9.89 Å². The van der Waals surface area contributed by atoms with Crippen LogP contribution in [0.4, 0.5) is 0 Å². The second-order valence-corrected chi connectivity index (χ2v) is 10.4. The molecule has 0 amide bonds. The number of benzene rings is 1. The van der Waals surface area contributed by atoms with Crippen molar-refractivity contribution in [3.63, 3.8) is 0 Å². The van der Waals surface area contributed by atoms with Crippen LogP contribution in [0.3, 0.4) is 0 Å². The van der Waals surface area contributed by atoms with Crippen LogP contribution in [0.15, 0.2) is 34.2 Å². The number of sulfone groups is 1. The zero-order valence-corrected chi connectivity index (χ0v) is 21.8. The zero-order chi connectivity index (χ0) is 21.4. The Morgan fingerprint density at radius 1 is 1.13 bits per heavy atom. The van der Waals surface area contributed by atoms with Crippen LogP contribution < -0.4 is 15.4 Å². The van der Waals surface area contributed by atoms with Gasteiger partial charge in [0.15, 0.2) is 15.8 Å². The number of halogens is 1. The molecule has 2 aliphatic rings. The normalized spacial score (nSPS) is 21.2. The highest BCUT2D eigenvalue weighted by Crippen LogP contribution is 2.25. The van der Waals surface area contributed by atoms with E-state index in [2.05, 4.69) is 20.5 Å². The molecule has 0 bridgehead atoms. The van der Waals surface area contributed by atoms with E-state index in [1.807, 2.05) is 0 Å². The molecule has 1 atom stereocenters. The Labute approximate surface area is 204 Å². The number of ether oxygens (including phenoxy) is 1. The molecule has 1 aliphatic carbocycles. The monoisotopic (exact) mass is 564 g/mol. The molecule has 1 unspecified atom stereocenters. The fourth-order valence-corrected chi connectivity index (χ4v) is 5.04. The van der Waals surface area contributed by atoms with E-state index in [1.165, 1.54) is 57.7 Å². The van der Waals surface area contributed by atoms with Crippen LogP contribution in [0.25, 0.3) is 0 Å². The molecule has 176 valence electrons. The van der Waals surface area contributed by atoms with Crippen LogP contribution in [-0.2, 0) is 9.84 Å². The van der Waals surface area contributed by atoms with Gasteiger partial charge in [-0.2, -0.15) is 0 Å². The maximum absolute atomic E-state index is 11.5. The van der Waals surface area contributed by atoms with E-state index in [0.717, 1.165) is 18.5 Å². The lowest BCUT2D eigenvalue weighted by Crippen LogP contribution is -2.53. The predicted molar refractivity (Wildman–Crippen MR) is 136 cm³/mol. The summed E-state index contributed by atoms with van der Waals surface area (Å²) in [6.07, 6.45) is 10.5. The van der Waals surface area contributed by atoms with Crippen molar-refractivity contribution in [3.8, 4) is 5.75 Å². The maximum Gasteiger partial charge on any atom is 0.191 e. The van der Waals surface area contributed by atoms with Crippen molar-refractivity contribution in [2.45, 2.75) is 61.9 Å². The van der Waals surface area contributed by atoms with Gasteiger partial charge in [-0.15, -0.1) is 24.0 Å². The van der Waals surface area contributed by atoms with Crippen molar-refractivity contribution in [2.75, 3.05) is 39.5 Å². The number of hydrogen-bond acceptors (Lipinski definition) is 5. The summed E-state index contributed by atoms with van der Waals surface area (Å²) in [7, 11) is -1.39. The highest BCUT2D eigenvalue weighted by Gasteiger charge is 2.27. The van der Waals surface area contributed by atoms with Crippen LogP contribution in [0, 0.1) is 0 Å². The summed E-state index contributed by atoms with van der Waals surface area (Å²) in [5.74, 6) is 1.46. The lowest BCUT2D eigenvalue weighted by molar-refractivity contribution is 0.115. The van der Waals surface area contributed by atoms with Crippen molar-refractivity contribution in [1.82, 2.24) is 15.5 Å². The van der Waals surface area contributed by atoms with E-state index in [0.29, 0.717) is 29.8 Å². The molecule has 1 aromatic rings. The van der Waals surface area contributed by atoms with Crippen molar-refractivity contribution >= 4 is 39.8 Å². The van der Waals surface area contributed by atoms with E-state index in [-0.39, 0.29) is 24.0 Å². The molecule has 2 N–H and O–H groups in total. The van der Waals surface area contributed by atoms with Crippen LogP contribution in [0.1, 0.15) is 44.9 Å². The first kappa shape index (κ1) is 26.2. The standard InChI is InChI=1S/C22H36N4O3S.HI/c1-23-22(24-14-16-29-20-10-12-21(13-11-20)30(2,27)28)25-18-7-6-15-26(17-18)19-8-4-3-5-9-19;/h10-13,18-19H,3-9,14-17H2,1-2H3,(H2,23,24,25);1H. The molecular formula is C22H37IN4O3S. The minimum Gasteiger partial charge on any atom is -0.492 e. The molecular weight excluding hydrogens is 527 g/mol. The molecule has 1 aliphatic heterocycles. The first-order chi connectivity index (χ1) is 14.5. The number of likely N-dealkylation sites (tertiary alicyclic amines) is 1. The summed E-state index contributed by atoms with van der Waals surface area (Å²) in [6.45, 7) is 3.40. The predicted octanol–water partition coefficient (Wildman–Crippen LogP) is 3.05. The molecule has 1 aromatic carbocycles. The van der Waals surface area contributed by atoms with Gasteiger partial charge in [0.05, 0.1) is 11.4 Å². The fourth-order valence-electron chi connectivity index (χ4n) is 4.41. The summed E-state index contributed by atoms with van der Waals surface area (Å²) in [6, 6.07) is 7.70. The van der Waals surface area contributed by atoms with Crippen molar-refractivity contribution in [3.05, 3.63) is 24.3 Å². The summed E-state index contributed by atoms with van der Waals surface area (Å²) in [5, 5.41) is 6.89. The Morgan fingerprint density at radius 3 is 2.48 bits per heavy atom. The number of guanidine groups is 1. The maximum atomic E-state index is 11.5. The van der Waals surface area contributed by atoms with Crippen molar-refractivity contribution in [2.24, 2.45) is 4.99 Å². The highest BCUT2D eigenvalue weighted by atomic mass is 127. The molecule has 1 heterocycles. The molecule has 2 fully saturated rings. The van der Waals surface area contributed by atoms with E-state index < -0.39 is 9.84 Å². The number of aliphatic imine (C=N–C) groups is 1. The van der Waals surface area contributed by atoms with Gasteiger partial charge in [0.25, 0.3) is 0 Å². The molecule has 1 saturated heterocycles. The average Bonchev–Trinajstić information content (AvgIpc) is 2.76. The quantitative estimate of drug-likeness (QED) is 0.229. The topological polar surface area (TPSA) is 83.0 Å². The Hall–Kier alpha value is -1.07. The third-order valence-corrected chi connectivity index (χ3v) is 7.15. The summed E-state index contributed by atoms with van der Waals surface area (Å²) in [4.78, 5) is 7.33. The smallest absolute Gasteiger partial charge is 0.191 e. The van der Waals surface area contributed by atoms with Gasteiger partial charge < -0.3 is 15.4 Å². The number of nitrogens with one attached hydrogen (secondary N) is 2. The zero-order valence-electron chi connectivity index (χ0n) is 18.7. The average molecular weight is 565 g/mol. The second kappa shape index (κ2) is 12.8. The third-order valence-electron chi connectivity index (χ3n) is 6.02. The molecule has 9 heteroatoms. The summed E-state index contributed by atoms with van der Waals surface area (Å²) >= 11 is 0. The summed E-state index contributed by atoms with van der Waals surface area (Å²) < 4.78 is 28.7. The van der Waals surface area contributed by atoms with Gasteiger partial charge in [0, 0.05) is 31.9 Å². The molecule has 31 heavy (non-hydrogen) atoms. The van der Waals surface area contributed by atoms with Crippen LogP contribution in [0.5, 0.6) is 5.75 Å². The molecule has 7 nitrogen and oxygen atoms in total. The van der Waals surface area contributed by atoms with Gasteiger partial charge in [0.2, 0.25) is 0 Å². The highest BCUT2D eigenvalue weighted by molar-refractivity contribution is 14.0. The van der Waals surface area contributed by atoms with Crippen molar-refractivity contribution < 1.29 is 13.2 Å². The van der Waals surface area contributed by atoms with E-state index in [4.69, 9.17) is 4.74 Å². The van der Waals surface area contributed by atoms with Crippen molar-refractivity contribution in [1.29, 1.82) is 0 Å². The fraction of sp³-hybridized carbons (Fsp3) is 0.682. The van der Waals surface area contributed by atoms with Gasteiger partial charge in [-0.1, -0.05) is 19.3 Å². The minimum atomic E-state index is -3.18.